The molecule has 1 saturated carbocycles. The van der Waals surface area contributed by atoms with Crippen LogP contribution in [0.5, 0.6) is 0 Å². The Hall–Kier alpha value is -1.91. The normalized spacial score (nSPS) is 16.1. The van der Waals surface area contributed by atoms with Gasteiger partial charge >= 0.3 is 0 Å². The van der Waals surface area contributed by atoms with Crippen LogP contribution in [0.2, 0.25) is 0 Å². The number of nitrogens with zero attached hydrogens (tertiary/aromatic N) is 1. The van der Waals surface area contributed by atoms with E-state index in [9.17, 15) is 14.9 Å². The highest BCUT2D eigenvalue weighted by Gasteiger charge is 2.19. The molecule has 0 atom stereocenters. The van der Waals surface area contributed by atoms with Gasteiger partial charge in [0.2, 0.25) is 0 Å². The quantitative estimate of drug-likeness (QED) is 0.672. The SMILES string of the molecule is Cc1ccc([N+](=O)[O-])cc1C(=O)NC1CCCCC1. The van der Waals surface area contributed by atoms with E-state index in [0.717, 1.165) is 31.2 Å². The van der Waals surface area contributed by atoms with Gasteiger partial charge < -0.3 is 5.32 Å². The van der Waals surface area contributed by atoms with E-state index in [1.54, 1.807) is 13.0 Å². The second kappa shape index (κ2) is 5.82. The number of nitro groups is 1. The average molecular weight is 262 g/mol. The molecular weight excluding hydrogens is 244 g/mol. The molecule has 1 aliphatic carbocycles. The van der Waals surface area contributed by atoms with Crippen molar-refractivity contribution in [2.45, 2.75) is 45.1 Å². The van der Waals surface area contributed by atoms with Crippen LogP contribution < -0.4 is 5.32 Å². The number of nitro benzene ring substituents is 1. The Balaban J connectivity index is 2.13. The zero-order valence-electron chi connectivity index (χ0n) is 11.0. The maximum absolute atomic E-state index is 12.2. The van der Waals surface area contributed by atoms with Crippen LogP contribution >= 0.6 is 0 Å². The molecule has 5 heteroatoms. The number of nitrogens with one attached hydrogen (secondary N) is 1. The van der Waals surface area contributed by atoms with Gasteiger partial charge in [0.1, 0.15) is 0 Å². The molecule has 0 aromatic heterocycles. The number of hydrogen-bond acceptors (Lipinski definition) is 3. The molecule has 19 heavy (non-hydrogen) atoms. The first kappa shape index (κ1) is 13.5. The van der Waals surface area contributed by atoms with Gasteiger partial charge in [-0.2, -0.15) is 0 Å². The third-order valence-electron chi connectivity index (χ3n) is 3.62. The molecule has 1 N–H and O–H groups in total. The molecule has 0 bridgehead atoms. The number of benzene rings is 1. The van der Waals surface area contributed by atoms with Gasteiger partial charge in [-0.15, -0.1) is 0 Å². The van der Waals surface area contributed by atoms with E-state index in [0.29, 0.717) is 5.56 Å². The molecule has 0 saturated heterocycles. The molecule has 0 aliphatic heterocycles. The van der Waals surface area contributed by atoms with Crippen LogP contribution in [0.3, 0.4) is 0 Å². The maximum atomic E-state index is 12.2. The second-order valence-corrected chi connectivity index (χ2v) is 5.06. The molecule has 1 fully saturated rings. The largest absolute Gasteiger partial charge is 0.349 e. The topological polar surface area (TPSA) is 72.2 Å². The molecule has 1 aromatic carbocycles. The van der Waals surface area contributed by atoms with Gasteiger partial charge in [-0.05, 0) is 25.3 Å². The molecule has 5 nitrogen and oxygen atoms in total. The van der Waals surface area contributed by atoms with Crippen molar-refractivity contribution in [3.63, 3.8) is 0 Å². The lowest BCUT2D eigenvalue weighted by atomic mass is 9.95. The predicted octanol–water partition coefficient (Wildman–Crippen LogP) is 2.97. The van der Waals surface area contributed by atoms with Crippen LogP contribution in [0, 0.1) is 17.0 Å². The lowest BCUT2D eigenvalue weighted by molar-refractivity contribution is -0.384. The summed E-state index contributed by atoms with van der Waals surface area (Å²) in [6, 6.07) is 4.61. The highest BCUT2D eigenvalue weighted by atomic mass is 16.6. The minimum absolute atomic E-state index is 0.0422. The molecule has 2 rings (SSSR count). The Bertz CT molecular complexity index is 493. The van der Waals surface area contributed by atoms with E-state index in [1.807, 2.05) is 0 Å². The molecule has 1 aliphatic rings. The van der Waals surface area contributed by atoms with Gasteiger partial charge in [-0.1, -0.05) is 25.3 Å². The summed E-state index contributed by atoms with van der Waals surface area (Å²) in [5.74, 6) is -0.201. The van der Waals surface area contributed by atoms with Gasteiger partial charge in [-0.3, -0.25) is 14.9 Å². The summed E-state index contributed by atoms with van der Waals surface area (Å²) in [6.45, 7) is 1.79. The monoisotopic (exact) mass is 262 g/mol. The van der Waals surface area contributed by atoms with Crippen molar-refractivity contribution >= 4 is 11.6 Å². The number of carbonyl (C=O) groups excluding carboxylic acids is 1. The summed E-state index contributed by atoms with van der Waals surface area (Å²) in [4.78, 5) is 22.5. The third kappa shape index (κ3) is 3.30. The van der Waals surface area contributed by atoms with Crippen molar-refractivity contribution in [1.29, 1.82) is 0 Å². The summed E-state index contributed by atoms with van der Waals surface area (Å²) in [6.07, 6.45) is 5.50. The lowest BCUT2D eigenvalue weighted by Gasteiger charge is -2.23. The summed E-state index contributed by atoms with van der Waals surface area (Å²) < 4.78 is 0. The fraction of sp³-hybridized carbons (Fsp3) is 0.500. The van der Waals surface area contributed by atoms with E-state index in [2.05, 4.69) is 5.32 Å². The Labute approximate surface area is 112 Å². The highest BCUT2D eigenvalue weighted by Crippen LogP contribution is 2.20. The smallest absolute Gasteiger partial charge is 0.270 e. The van der Waals surface area contributed by atoms with Gasteiger partial charge in [-0.25, -0.2) is 0 Å². The molecule has 0 radical (unpaired) electrons. The lowest BCUT2D eigenvalue weighted by Crippen LogP contribution is -2.36. The molecule has 1 aromatic rings. The molecular formula is C14H18N2O3. The number of carbonyl (C=O) groups is 1. The van der Waals surface area contributed by atoms with Crippen LogP contribution in [-0.4, -0.2) is 16.9 Å². The van der Waals surface area contributed by atoms with Crippen molar-refractivity contribution in [2.24, 2.45) is 0 Å². The molecule has 102 valence electrons. The first-order chi connectivity index (χ1) is 9.08. The average Bonchev–Trinajstić information content (AvgIpc) is 2.40. The fourth-order valence-electron chi connectivity index (χ4n) is 2.48. The van der Waals surface area contributed by atoms with Gasteiger partial charge in [0.15, 0.2) is 0 Å². The van der Waals surface area contributed by atoms with Crippen molar-refractivity contribution in [3.8, 4) is 0 Å². The number of rotatable bonds is 3. The predicted molar refractivity (Wildman–Crippen MR) is 72.2 cm³/mol. The minimum Gasteiger partial charge on any atom is -0.349 e. The zero-order chi connectivity index (χ0) is 13.8. The standard InChI is InChI=1S/C14H18N2O3/c1-10-7-8-12(16(18)19)9-13(10)14(17)15-11-5-3-2-4-6-11/h7-9,11H,2-6H2,1H3,(H,15,17). The van der Waals surface area contributed by atoms with E-state index < -0.39 is 4.92 Å². The first-order valence-corrected chi connectivity index (χ1v) is 6.64. The van der Waals surface area contributed by atoms with Crippen LogP contribution in [0.25, 0.3) is 0 Å². The Morgan fingerprint density at radius 3 is 2.63 bits per heavy atom. The van der Waals surface area contributed by atoms with Crippen molar-refractivity contribution in [2.75, 3.05) is 0 Å². The van der Waals surface area contributed by atoms with E-state index in [4.69, 9.17) is 0 Å². The van der Waals surface area contributed by atoms with Crippen molar-refractivity contribution in [3.05, 3.63) is 39.4 Å². The van der Waals surface area contributed by atoms with Crippen LogP contribution in [-0.2, 0) is 0 Å². The maximum Gasteiger partial charge on any atom is 0.270 e. The highest BCUT2D eigenvalue weighted by molar-refractivity contribution is 5.96. The minimum atomic E-state index is -0.475. The van der Waals surface area contributed by atoms with Crippen molar-refractivity contribution in [1.82, 2.24) is 5.32 Å². The van der Waals surface area contributed by atoms with Crippen LogP contribution in [0.15, 0.2) is 18.2 Å². The summed E-state index contributed by atoms with van der Waals surface area (Å²) in [5.41, 5.74) is 1.12. The Kier molecular flexibility index (Phi) is 4.14. The second-order valence-electron chi connectivity index (χ2n) is 5.06. The van der Waals surface area contributed by atoms with Crippen LogP contribution in [0.1, 0.15) is 48.0 Å². The number of amides is 1. The molecule has 0 heterocycles. The van der Waals surface area contributed by atoms with Gasteiger partial charge in [0.05, 0.1) is 4.92 Å². The van der Waals surface area contributed by atoms with Crippen LogP contribution in [0.4, 0.5) is 5.69 Å². The van der Waals surface area contributed by atoms with Gasteiger partial charge in [0, 0.05) is 23.7 Å². The summed E-state index contributed by atoms with van der Waals surface area (Å²) in [5, 5.41) is 13.7. The Morgan fingerprint density at radius 1 is 1.32 bits per heavy atom. The van der Waals surface area contributed by atoms with E-state index in [1.165, 1.54) is 18.6 Å². The number of hydrogen-bond donors (Lipinski definition) is 1. The van der Waals surface area contributed by atoms with E-state index in [-0.39, 0.29) is 17.6 Å². The zero-order valence-corrected chi connectivity index (χ0v) is 11.0. The Morgan fingerprint density at radius 2 is 2.00 bits per heavy atom. The fourth-order valence-corrected chi connectivity index (χ4v) is 2.48. The summed E-state index contributed by atoms with van der Waals surface area (Å²) >= 11 is 0. The van der Waals surface area contributed by atoms with Crippen molar-refractivity contribution < 1.29 is 9.72 Å². The van der Waals surface area contributed by atoms with E-state index >= 15 is 0 Å². The van der Waals surface area contributed by atoms with Gasteiger partial charge in [0.25, 0.3) is 11.6 Å². The third-order valence-corrected chi connectivity index (χ3v) is 3.62. The molecule has 1 amide bonds. The molecule has 0 unspecified atom stereocenters. The first-order valence-electron chi connectivity index (χ1n) is 6.64. The number of non-ortho nitro benzene ring substituents is 1. The summed E-state index contributed by atoms with van der Waals surface area (Å²) in [7, 11) is 0. The molecule has 0 spiro atoms. The number of aryl methyl sites for hydroxylation is 1.